The van der Waals surface area contributed by atoms with Gasteiger partial charge in [0.05, 0.1) is 0 Å². The smallest absolute Gasteiger partial charge is 0.257 e. The molecule has 1 atom stereocenters. The van der Waals surface area contributed by atoms with Crippen molar-refractivity contribution in [2.45, 2.75) is 18.9 Å². The highest BCUT2D eigenvalue weighted by atomic mass is 16.5. The van der Waals surface area contributed by atoms with Crippen LogP contribution in [0.4, 0.5) is 0 Å². The summed E-state index contributed by atoms with van der Waals surface area (Å²) in [4.78, 5) is 15.8. The lowest BCUT2D eigenvalue weighted by Crippen LogP contribution is -2.40. The van der Waals surface area contributed by atoms with Gasteiger partial charge in [0, 0.05) is 24.8 Å². The summed E-state index contributed by atoms with van der Waals surface area (Å²) >= 11 is 0. The van der Waals surface area contributed by atoms with E-state index in [2.05, 4.69) is 10.3 Å². The standard InChI is InChI=1S/C18H21N3O3/c19-16(13-4-5-13)11-21-17(22)12-23-14-6-8-15(9-7-14)24-18-3-1-2-10-20-18/h1-3,6-10,13,16H,4-5,11-12,19H2,(H,21,22). The molecule has 126 valence electrons. The Kier molecular flexibility index (Phi) is 5.28. The number of pyridine rings is 1. The number of ether oxygens (including phenoxy) is 2. The Bertz CT molecular complexity index is 657. The van der Waals surface area contributed by atoms with Crippen molar-refractivity contribution in [1.82, 2.24) is 10.3 Å². The zero-order chi connectivity index (χ0) is 16.8. The van der Waals surface area contributed by atoms with Crippen LogP contribution in [0.3, 0.4) is 0 Å². The van der Waals surface area contributed by atoms with Gasteiger partial charge in [0.2, 0.25) is 5.88 Å². The Hall–Kier alpha value is -2.60. The van der Waals surface area contributed by atoms with Crippen LogP contribution in [0.15, 0.2) is 48.7 Å². The summed E-state index contributed by atoms with van der Waals surface area (Å²) in [6, 6.07) is 12.6. The molecule has 0 saturated heterocycles. The summed E-state index contributed by atoms with van der Waals surface area (Å²) < 4.78 is 11.0. The van der Waals surface area contributed by atoms with Crippen molar-refractivity contribution < 1.29 is 14.3 Å². The molecule has 3 N–H and O–H groups in total. The van der Waals surface area contributed by atoms with Crippen molar-refractivity contribution in [2.75, 3.05) is 13.2 Å². The zero-order valence-corrected chi connectivity index (χ0v) is 13.4. The minimum absolute atomic E-state index is 0.0299. The number of nitrogens with zero attached hydrogens (tertiary/aromatic N) is 1. The molecule has 0 bridgehead atoms. The molecule has 1 fully saturated rings. The quantitative estimate of drug-likeness (QED) is 0.775. The molecule has 0 spiro atoms. The molecule has 1 aliphatic rings. The van der Waals surface area contributed by atoms with Gasteiger partial charge >= 0.3 is 0 Å². The number of carbonyl (C=O) groups is 1. The van der Waals surface area contributed by atoms with E-state index in [0.717, 1.165) is 0 Å². The molecule has 1 aromatic carbocycles. The number of benzene rings is 1. The predicted molar refractivity (Wildman–Crippen MR) is 90.0 cm³/mol. The second-order valence-corrected chi connectivity index (χ2v) is 5.84. The predicted octanol–water partition coefficient (Wildman–Crippen LogP) is 2.11. The first kappa shape index (κ1) is 16.3. The van der Waals surface area contributed by atoms with Gasteiger partial charge in [-0.05, 0) is 49.1 Å². The zero-order valence-electron chi connectivity index (χ0n) is 13.4. The van der Waals surface area contributed by atoms with Gasteiger partial charge in [-0.1, -0.05) is 6.07 Å². The van der Waals surface area contributed by atoms with Crippen LogP contribution in [0.5, 0.6) is 17.4 Å². The third kappa shape index (κ3) is 4.96. The van der Waals surface area contributed by atoms with E-state index >= 15 is 0 Å². The molecular weight excluding hydrogens is 306 g/mol. The van der Waals surface area contributed by atoms with E-state index in [1.165, 1.54) is 12.8 Å². The van der Waals surface area contributed by atoms with Crippen LogP contribution in [0.1, 0.15) is 12.8 Å². The minimum Gasteiger partial charge on any atom is -0.484 e. The van der Waals surface area contributed by atoms with Crippen molar-refractivity contribution in [1.29, 1.82) is 0 Å². The largest absolute Gasteiger partial charge is 0.484 e. The highest BCUT2D eigenvalue weighted by Gasteiger charge is 2.28. The summed E-state index contributed by atoms with van der Waals surface area (Å²) in [6.45, 7) is 0.474. The highest BCUT2D eigenvalue weighted by molar-refractivity contribution is 5.77. The van der Waals surface area contributed by atoms with Gasteiger partial charge in [-0.15, -0.1) is 0 Å². The number of aromatic nitrogens is 1. The number of nitrogens with two attached hydrogens (primary N) is 1. The van der Waals surface area contributed by atoms with Crippen molar-refractivity contribution in [3.05, 3.63) is 48.7 Å². The van der Waals surface area contributed by atoms with Crippen LogP contribution < -0.4 is 20.5 Å². The third-order valence-corrected chi connectivity index (χ3v) is 3.82. The van der Waals surface area contributed by atoms with Gasteiger partial charge < -0.3 is 20.5 Å². The average Bonchev–Trinajstić information content (AvgIpc) is 3.45. The molecular formula is C18H21N3O3. The molecule has 1 aliphatic carbocycles. The molecule has 6 nitrogen and oxygen atoms in total. The Morgan fingerprint density at radius 1 is 1.21 bits per heavy atom. The first-order chi connectivity index (χ1) is 11.7. The molecule has 0 aliphatic heterocycles. The van der Waals surface area contributed by atoms with Gasteiger partial charge in [0.25, 0.3) is 5.91 Å². The molecule has 1 saturated carbocycles. The molecule has 1 amide bonds. The normalized spacial score (nSPS) is 14.7. The molecule has 2 aromatic rings. The lowest BCUT2D eigenvalue weighted by atomic mass is 10.2. The highest BCUT2D eigenvalue weighted by Crippen LogP contribution is 2.31. The van der Waals surface area contributed by atoms with Crippen molar-refractivity contribution >= 4 is 5.91 Å². The van der Waals surface area contributed by atoms with Gasteiger partial charge in [-0.25, -0.2) is 4.98 Å². The molecule has 6 heteroatoms. The SMILES string of the molecule is NC(CNC(=O)COc1ccc(Oc2ccccn2)cc1)C1CC1. The van der Waals surface area contributed by atoms with Crippen LogP contribution in [-0.2, 0) is 4.79 Å². The monoisotopic (exact) mass is 327 g/mol. The van der Waals surface area contributed by atoms with Gasteiger partial charge in [0.1, 0.15) is 11.5 Å². The van der Waals surface area contributed by atoms with E-state index in [1.54, 1.807) is 36.5 Å². The fraction of sp³-hybridized carbons (Fsp3) is 0.333. The molecule has 1 aromatic heterocycles. The van der Waals surface area contributed by atoms with Crippen LogP contribution in [0, 0.1) is 5.92 Å². The second kappa shape index (κ2) is 7.79. The fourth-order valence-electron chi connectivity index (χ4n) is 2.25. The maximum Gasteiger partial charge on any atom is 0.257 e. The first-order valence-electron chi connectivity index (χ1n) is 8.05. The van der Waals surface area contributed by atoms with E-state index in [4.69, 9.17) is 15.2 Å². The van der Waals surface area contributed by atoms with Crippen molar-refractivity contribution in [2.24, 2.45) is 11.7 Å². The van der Waals surface area contributed by atoms with E-state index in [0.29, 0.717) is 29.8 Å². The second-order valence-electron chi connectivity index (χ2n) is 5.84. The van der Waals surface area contributed by atoms with Gasteiger partial charge in [0.15, 0.2) is 6.61 Å². The average molecular weight is 327 g/mol. The summed E-state index contributed by atoms with van der Waals surface area (Å²) in [6.07, 6.45) is 4.00. The van der Waals surface area contributed by atoms with Crippen LogP contribution in [0.2, 0.25) is 0 Å². The fourth-order valence-corrected chi connectivity index (χ4v) is 2.25. The lowest BCUT2D eigenvalue weighted by molar-refractivity contribution is -0.123. The van der Waals surface area contributed by atoms with Gasteiger partial charge in [-0.3, -0.25) is 4.79 Å². The number of hydrogen-bond acceptors (Lipinski definition) is 5. The number of hydrogen-bond donors (Lipinski definition) is 2. The topological polar surface area (TPSA) is 86.5 Å². The number of carbonyl (C=O) groups excluding carboxylic acids is 1. The van der Waals surface area contributed by atoms with Crippen molar-refractivity contribution in [3.63, 3.8) is 0 Å². The van der Waals surface area contributed by atoms with Crippen LogP contribution in [0.25, 0.3) is 0 Å². The van der Waals surface area contributed by atoms with Crippen molar-refractivity contribution in [3.8, 4) is 17.4 Å². The third-order valence-electron chi connectivity index (χ3n) is 3.82. The Balaban J connectivity index is 1.41. The molecule has 24 heavy (non-hydrogen) atoms. The number of amides is 1. The Morgan fingerprint density at radius 2 is 1.96 bits per heavy atom. The Morgan fingerprint density at radius 3 is 2.62 bits per heavy atom. The summed E-state index contributed by atoms with van der Waals surface area (Å²) in [5.41, 5.74) is 5.94. The van der Waals surface area contributed by atoms with Crippen LogP contribution in [-0.4, -0.2) is 30.1 Å². The summed E-state index contributed by atoms with van der Waals surface area (Å²) in [5, 5.41) is 2.80. The van der Waals surface area contributed by atoms with E-state index in [9.17, 15) is 4.79 Å². The van der Waals surface area contributed by atoms with Gasteiger partial charge in [-0.2, -0.15) is 0 Å². The molecule has 1 heterocycles. The summed E-state index contributed by atoms with van der Waals surface area (Å²) in [7, 11) is 0. The molecule has 0 radical (unpaired) electrons. The maximum absolute atomic E-state index is 11.7. The number of nitrogens with one attached hydrogen (secondary N) is 1. The van der Waals surface area contributed by atoms with E-state index < -0.39 is 0 Å². The molecule has 3 rings (SSSR count). The minimum atomic E-state index is -0.167. The van der Waals surface area contributed by atoms with E-state index in [1.807, 2.05) is 12.1 Å². The maximum atomic E-state index is 11.7. The first-order valence-corrected chi connectivity index (χ1v) is 8.05. The van der Waals surface area contributed by atoms with E-state index in [-0.39, 0.29) is 18.6 Å². The Labute approximate surface area is 141 Å². The molecule has 1 unspecified atom stereocenters. The summed E-state index contributed by atoms with van der Waals surface area (Å²) in [5.74, 6) is 2.18. The lowest BCUT2D eigenvalue weighted by Gasteiger charge is -2.12. The van der Waals surface area contributed by atoms with Crippen LogP contribution >= 0.6 is 0 Å². The number of rotatable bonds is 8.